The monoisotopic (exact) mass is 344 g/mol. The molecule has 22 heavy (non-hydrogen) atoms. The summed E-state index contributed by atoms with van der Waals surface area (Å²) in [5.41, 5.74) is 6.00. The quantitative estimate of drug-likeness (QED) is 0.893. The fourth-order valence-corrected chi connectivity index (χ4v) is 3.12. The standard InChI is InChI=1S/C16H21FN2OS.ClH/c1-10(2)13(18)6-7-19(3)16(20)15-9-11-8-12(17)4-5-14(11)21-15;/h4-5,8-10,13H,6-7,18H2,1-3H3;1H. The molecule has 6 heteroatoms. The maximum Gasteiger partial charge on any atom is 0.263 e. The number of nitrogens with zero attached hydrogens (tertiary/aromatic N) is 1. The highest BCUT2D eigenvalue weighted by Gasteiger charge is 2.16. The first-order chi connectivity index (χ1) is 9.88. The first kappa shape index (κ1) is 18.9. The number of hydrogen-bond acceptors (Lipinski definition) is 3. The van der Waals surface area contributed by atoms with Crippen molar-refractivity contribution in [2.75, 3.05) is 13.6 Å². The van der Waals surface area contributed by atoms with Crippen molar-refractivity contribution in [1.82, 2.24) is 4.90 Å². The number of amides is 1. The van der Waals surface area contributed by atoms with Crippen LogP contribution in [0.2, 0.25) is 0 Å². The Labute approximate surface area is 140 Å². The highest BCUT2D eigenvalue weighted by molar-refractivity contribution is 7.20. The predicted molar refractivity (Wildman–Crippen MR) is 93.4 cm³/mol. The molecule has 0 aliphatic rings. The van der Waals surface area contributed by atoms with Gasteiger partial charge >= 0.3 is 0 Å². The van der Waals surface area contributed by atoms with E-state index in [-0.39, 0.29) is 30.2 Å². The molecule has 0 aliphatic heterocycles. The second-order valence-corrected chi connectivity index (χ2v) is 6.80. The van der Waals surface area contributed by atoms with E-state index in [0.29, 0.717) is 17.3 Å². The molecule has 0 radical (unpaired) electrons. The number of benzene rings is 1. The van der Waals surface area contributed by atoms with Crippen molar-refractivity contribution in [2.45, 2.75) is 26.3 Å². The van der Waals surface area contributed by atoms with Crippen LogP contribution in [0.1, 0.15) is 29.9 Å². The maximum atomic E-state index is 13.2. The van der Waals surface area contributed by atoms with Crippen LogP contribution in [0, 0.1) is 11.7 Å². The van der Waals surface area contributed by atoms with Crippen LogP contribution < -0.4 is 5.73 Å². The molecule has 1 aromatic carbocycles. The first-order valence-corrected chi connectivity index (χ1v) is 7.90. The van der Waals surface area contributed by atoms with Gasteiger partial charge in [0.1, 0.15) is 5.82 Å². The minimum Gasteiger partial charge on any atom is -0.341 e. The van der Waals surface area contributed by atoms with E-state index in [1.807, 2.05) is 0 Å². The Morgan fingerprint density at radius 3 is 2.68 bits per heavy atom. The van der Waals surface area contributed by atoms with Gasteiger partial charge in [-0.05, 0) is 42.0 Å². The summed E-state index contributed by atoms with van der Waals surface area (Å²) < 4.78 is 14.1. The number of carbonyl (C=O) groups is 1. The van der Waals surface area contributed by atoms with Crippen LogP contribution in [0.3, 0.4) is 0 Å². The lowest BCUT2D eigenvalue weighted by molar-refractivity contribution is 0.0794. The molecule has 2 N–H and O–H groups in total. The van der Waals surface area contributed by atoms with Crippen LogP contribution in [0.15, 0.2) is 24.3 Å². The highest BCUT2D eigenvalue weighted by Crippen LogP contribution is 2.27. The lowest BCUT2D eigenvalue weighted by Gasteiger charge is -2.21. The summed E-state index contributed by atoms with van der Waals surface area (Å²) in [6, 6.07) is 6.43. The Morgan fingerprint density at radius 2 is 2.05 bits per heavy atom. The number of halogens is 2. The van der Waals surface area contributed by atoms with Crippen molar-refractivity contribution >= 4 is 39.7 Å². The van der Waals surface area contributed by atoms with Crippen molar-refractivity contribution in [3.05, 3.63) is 35.0 Å². The van der Waals surface area contributed by atoms with Gasteiger partial charge in [0.15, 0.2) is 0 Å². The first-order valence-electron chi connectivity index (χ1n) is 7.08. The average Bonchev–Trinajstić information content (AvgIpc) is 2.86. The second-order valence-electron chi connectivity index (χ2n) is 5.72. The third-order valence-electron chi connectivity index (χ3n) is 3.69. The Bertz CT molecular complexity index is 644. The Morgan fingerprint density at radius 1 is 1.36 bits per heavy atom. The van der Waals surface area contributed by atoms with E-state index < -0.39 is 0 Å². The van der Waals surface area contributed by atoms with Crippen LogP contribution in [-0.2, 0) is 0 Å². The van der Waals surface area contributed by atoms with Crippen LogP contribution in [0.25, 0.3) is 10.1 Å². The van der Waals surface area contributed by atoms with E-state index in [0.717, 1.165) is 16.5 Å². The SMILES string of the molecule is CC(C)C(N)CCN(C)C(=O)c1cc2cc(F)ccc2s1.Cl. The van der Waals surface area contributed by atoms with Gasteiger partial charge in [0.25, 0.3) is 5.91 Å². The summed E-state index contributed by atoms with van der Waals surface area (Å²) in [6.45, 7) is 4.78. The molecule has 0 saturated carbocycles. The van der Waals surface area contributed by atoms with E-state index in [9.17, 15) is 9.18 Å². The fraction of sp³-hybridized carbons (Fsp3) is 0.438. The van der Waals surface area contributed by atoms with Gasteiger partial charge in [-0.25, -0.2) is 4.39 Å². The maximum absolute atomic E-state index is 13.2. The Balaban J connectivity index is 0.00000242. The number of nitrogens with two attached hydrogens (primary N) is 1. The molecule has 2 aromatic rings. The van der Waals surface area contributed by atoms with Gasteiger partial charge < -0.3 is 10.6 Å². The van der Waals surface area contributed by atoms with Crippen LogP contribution in [-0.4, -0.2) is 30.4 Å². The van der Waals surface area contributed by atoms with Gasteiger partial charge in [-0.2, -0.15) is 0 Å². The molecular weight excluding hydrogens is 323 g/mol. The second kappa shape index (κ2) is 7.90. The molecule has 1 heterocycles. The molecular formula is C16H22ClFN2OS. The van der Waals surface area contributed by atoms with Gasteiger partial charge in [0.2, 0.25) is 0 Å². The minimum absolute atomic E-state index is 0. The van der Waals surface area contributed by atoms with Crippen molar-refractivity contribution in [3.63, 3.8) is 0 Å². The smallest absolute Gasteiger partial charge is 0.263 e. The Kier molecular flexibility index (Phi) is 6.78. The van der Waals surface area contributed by atoms with Gasteiger partial charge in [-0.15, -0.1) is 23.7 Å². The van der Waals surface area contributed by atoms with Gasteiger partial charge in [-0.3, -0.25) is 4.79 Å². The molecule has 0 spiro atoms. The third kappa shape index (κ3) is 4.41. The number of carbonyl (C=O) groups excluding carboxylic acids is 1. The Hall–Kier alpha value is -1.17. The van der Waals surface area contributed by atoms with Crippen molar-refractivity contribution in [1.29, 1.82) is 0 Å². The molecule has 3 nitrogen and oxygen atoms in total. The van der Waals surface area contributed by atoms with Crippen LogP contribution in [0.4, 0.5) is 4.39 Å². The van der Waals surface area contributed by atoms with E-state index >= 15 is 0 Å². The lowest BCUT2D eigenvalue weighted by atomic mass is 10.0. The summed E-state index contributed by atoms with van der Waals surface area (Å²) in [6.07, 6.45) is 0.777. The molecule has 1 aromatic heterocycles. The zero-order chi connectivity index (χ0) is 15.6. The average molecular weight is 345 g/mol. The zero-order valence-corrected chi connectivity index (χ0v) is 14.6. The van der Waals surface area contributed by atoms with Gasteiger partial charge in [0.05, 0.1) is 4.88 Å². The van der Waals surface area contributed by atoms with Crippen molar-refractivity contribution in [2.24, 2.45) is 11.7 Å². The number of fused-ring (bicyclic) bond motifs is 1. The minimum atomic E-state index is -0.282. The fourth-order valence-electron chi connectivity index (χ4n) is 2.09. The molecule has 0 saturated heterocycles. The van der Waals surface area contributed by atoms with Crippen molar-refractivity contribution in [3.8, 4) is 0 Å². The largest absolute Gasteiger partial charge is 0.341 e. The van der Waals surface area contributed by atoms with E-state index in [1.54, 1.807) is 24.1 Å². The van der Waals surface area contributed by atoms with Gasteiger partial charge in [0, 0.05) is 24.3 Å². The molecule has 1 atom stereocenters. The highest BCUT2D eigenvalue weighted by atomic mass is 35.5. The molecule has 0 bridgehead atoms. The summed E-state index contributed by atoms with van der Waals surface area (Å²) in [5.74, 6) is 0.0870. The number of rotatable bonds is 5. The third-order valence-corrected chi connectivity index (χ3v) is 4.79. The zero-order valence-electron chi connectivity index (χ0n) is 13.0. The summed E-state index contributed by atoms with van der Waals surface area (Å²) in [4.78, 5) is 14.7. The normalized spacial score (nSPS) is 12.3. The van der Waals surface area contributed by atoms with Crippen LogP contribution in [0.5, 0.6) is 0 Å². The van der Waals surface area contributed by atoms with E-state index in [4.69, 9.17) is 5.73 Å². The number of thiophene rings is 1. The summed E-state index contributed by atoms with van der Waals surface area (Å²) in [5, 5.41) is 0.774. The number of hydrogen-bond donors (Lipinski definition) is 1. The van der Waals surface area contributed by atoms with E-state index in [1.165, 1.54) is 23.5 Å². The molecule has 2 rings (SSSR count). The van der Waals surface area contributed by atoms with Gasteiger partial charge in [-0.1, -0.05) is 13.8 Å². The predicted octanol–water partition coefficient (Wildman–Crippen LogP) is 3.91. The molecule has 1 amide bonds. The molecule has 122 valence electrons. The summed E-state index contributed by atoms with van der Waals surface area (Å²) >= 11 is 1.39. The molecule has 0 aliphatic carbocycles. The topological polar surface area (TPSA) is 46.3 Å². The van der Waals surface area contributed by atoms with E-state index in [2.05, 4.69) is 13.8 Å². The lowest BCUT2D eigenvalue weighted by Crippen LogP contribution is -2.34. The summed E-state index contributed by atoms with van der Waals surface area (Å²) in [7, 11) is 1.78. The molecule has 1 unspecified atom stereocenters. The van der Waals surface area contributed by atoms with Crippen molar-refractivity contribution < 1.29 is 9.18 Å². The molecule has 0 fully saturated rings. The van der Waals surface area contributed by atoms with Crippen LogP contribution >= 0.6 is 23.7 Å².